The Hall–Kier alpha value is -4.05. The molecule has 1 heterocycles. The number of fused-ring (bicyclic) bond motifs is 1. The van der Waals surface area contributed by atoms with Gasteiger partial charge in [-0.2, -0.15) is 0 Å². The Morgan fingerprint density at radius 2 is 1.54 bits per heavy atom. The Morgan fingerprint density at radius 1 is 0.897 bits per heavy atom. The second-order valence-corrected chi connectivity index (χ2v) is 10.8. The van der Waals surface area contributed by atoms with E-state index < -0.39 is 28.5 Å². The van der Waals surface area contributed by atoms with Gasteiger partial charge in [0.1, 0.15) is 25.8 Å². The molecular weight excluding hydrogens is 518 g/mol. The Balaban J connectivity index is 1.75. The first-order valence-corrected chi connectivity index (χ1v) is 14.4. The zero-order chi connectivity index (χ0) is 27.8. The lowest BCUT2D eigenvalue weighted by atomic mass is 10.1. The Morgan fingerprint density at radius 3 is 2.18 bits per heavy atom. The van der Waals surface area contributed by atoms with Gasteiger partial charge in [-0.3, -0.25) is 13.9 Å². The Bertz CT molecular complexity index is 1380. The number of anilines is 1. The van der Waals surface area contributed by atoms with Crippen LogP contribution in [0.15, 0.2) is 83.8 Å². The van der Waals surface area contributed by atoms with Gasteiger partial charge >= 0.3 is 0 Å². The molecular formula is C29H33N3O6S. The highest BCUT2D eigenvalue weighted by atomic mass is 32.2. The SMILES string of the molecule is CCNC(=O)[C@@H](CC)N(Cc1ccccc1)C(=O)CN(c1ccc2c(c1)OCCO2)S(=O)(=O)c1ccccc1. The van der Waals surface area contributed by atoms with Crippen molar-refractivity contribution in [2.45, 2.75) is 37.8 Å². The van der Waals surface area contributed by atoms with Gasteiger partial charge in [-0.25, -0.2) is 8.42 Å². The highest BCUT2D eigenvalue weighted by Crippen LogP contribution is 2.36. The maximum Gasteiger partial charge on any atom is 0.264 e. The number of benzene rings is 3. The van der Waals surface area contributed by atoms with Crippen LogP contribution in [0.2, 0.25) is 0 Å². The number of sulfonamides is 1. The van der Waals surface area contributed by atoms with E-state index >= 15 is 0 Å². The van der Waals surface area contributed by atoms with Crippen LogP contribution < -0.4 is 19.1 Å². The van der Waals surface area contributed by atoms with E-state index in [1.54, 1.807) is 36.4 Å². The lowest BCUT2D eigenvalue weighted by Gasteiger charge is -2.33. The minimum Gasteiger partial charge on any atom is -0.486 e. The topological polar surface area (TPSA) is 105 Å². The second-order valence-electron chi connectivity index (χ2n) is 8.98. The van der Waals surface area contributed by atoms with Gasteiger partial charge < -0.3 is 19.7 Å². The number of nitrogens with zero attached hydrogens (tertiary/aromatic N) is 2. The molecule has 1 N–H and O–H groups in total. The van der Waals surface area contributed by atoms with Crippen LogP contribution >= 0.6 is 0 Å². The van der Waals surface area contributed by atoms with Crippen LogP contribution in [-0.2, 0) is 26.2 Å². The number of carbonyl (C=O) groups is 2. The average Bonchev–Trinajstić information content (AvgIpc) is 2.96. The third-order valence-electron chi connectivity index (χ3n) is 6.36. The monoisotopic (exact) mass is 551 g/mol. The molecule has 0 radical (unpaired) electrons. The summed E-state index contributed by atoms with van der Waals surface area (Å²) in [5, 5.41) is 2.80. The summed E-state index contributed by atoms with van der Waals surface area (Å²) in [7, 11) is -4.16. The highest BCUT2D eigenvalue weighted by molar-refractivity contribution is 7.92. The first-order chi connectivity index (χ1) is 18.8. The predicted molar refractivity (Wildman–Crippen MR) is 148 cm³/mol. The van der Waals surface area contributed by atoms with Crippen LogP contribution in [0.25, 0.3) is 0 Å². The summed E-state index contributed by atoms with van der Waals surface area (Å²) in [6, 6.07) is 21.2. The van der Waals surface area contributed by atoms with Crippen LogP contribution in [0.4, 0.5) is 5.69 Å². The van der Waals surface area contributed by atoms with Crippen molar-refractivity contribution < 1.29 is 27.5 Å². The van der Waals surface area contributed by atoms with Crippen molar-refractivity contribution in [2.24, 2.45) is 0 Å². The second kappa shape index (κ2) is 12.7. The molecule has 0 aromatic heterocycles. The van der Waals surface area contributed by atoms with Crippen LogP contribution in [0.3, 0.4) is 0 Å². The van der Waals surface area contributed by atoms with E-state index in [1.807, 2.05) is 44.2 Å². The molecule has 0 aliphatic carbocycles. The normalized spacial score (nSPS) is 13.3. The lowest BCUT2D eigenvalue weighted by Crippen LogP contribution is -2.52. The van der Waals surface area contributed by atoms with Crippen LogP contribution in [0.5, 0.6) is 11.5 Å². The molecule has 3 aromatic rings. The molecule has 0 saturated carbocycles. The van der Waals surface area contributed by atoms with E-state index in [2.05, 4.69) is 5.32 Å². The molecule has 3 aromatic carbocycles. The summed E-state index contributed by atoms with van der Waals surface area (Å²) in [6.07, 6.45) is 0.361. The summed E-state index contributed by atoms with van der Waals surface area (Å²) in [5.41, 5.74) is 1.08. The van der Waals surface area contributed by atoms with Crippen LogP contribution in [0, 0.1) is 0 Å². The van der Waals surface area contributed by atoms with E-state index in [1.165, 1.54) is 17.0 Å². The minimum atomic E-state index is -4.16. The number of amides is 2. The summed E-state index contributed by atoms with van der Waals surface area (Å²) in [4.78, 5) is 28.5. The number of hydrogen-bond acceptors (Lipinski definition) is 6. The van der Waals surface area contributed by atoms with Crippen molar-refractivity contribution in [3.05, 3.63) is 84.4 Å². The molecule has 0 bridgehead atoms. The van der Waals surface area contributed by atoms with Crippen molar-refractivity contribution in [1.29, 1.82) is 0 Å². The minimum absolute atomic E-state index is 0.0399. The van der Waals surface area contributed by atoms with Crippen molar-refractivity contribution in [3.8, 4) is 11.5 Å². The number of ether oxygens (including phenoxy) is 2. The Labute approximate surface area is 229 Å². The fourth-order valence-electron chi connectivity index (χ4n) is 4.43. The molecule has 1 aliphatic heterocycles. The van der Waals surface area contributed by atoms with E-state index in [0.717, 1.165) is 9.87 Å². The van der Waals surface area contributed by atoms with Crippen molar-refractivity contribution in [3.63, 3.8) is 0 Å². The fourth-order valence-corrected chi connectivity index (χ4v) is 5.85. The average molecular weight is 552 g/mol. The molecule has 206 valence electrons. The van der Waals surface area contributed by atoms with Crippen LogP contribution in [0.1, 0.15) is 25.8 Å². The number of carbonyl (C=O) groups excluding carboxylic acids is 2. The molecule has 0 spiro atoms. The number of likely N-dealkylation sites (N-methyl/N-ethyl adjacent to an activating group) is 1. The van der Waals surface area contributed by atoms with Gasteiger partial charge in [0.15, 0.2) is 11.5 Å². The van der Waals surface area contributed by atoms with Gasteiger partial charge in [0.2, 0.25) is 11.8 Å². The fraction of sp³-hybridized carbons (Fsp3) is 0.310. The quantitative estimate of drug-likeness (QED) is 0.391. The van der Waals surface area contributed by atoms with Crippen molar-refractivity contribution in [1.82, 2.24) is 10.2 Å². The molecule has 39 heavy (non-hydrogen) atoms. The molecule has 9 nitrogen and oxygen atoms in total. The van der Waals surface area contributed by atoms with E-state index in [4.69, 9.17) is 9.47 Å². The van der Waals surface area contributed by atoms with Gasteiger partial charge in [-0.15, -0.1) is 0 Å². The molecule has 1 atom stereocenters. The molecule has 10 heteroatoms. The number of rotatable bonds is 11. The van der Waals surface area contributed by atoms with E-state index in [9.17, 15) is 18.0 Å². The van der Waals surface area contributed by atoms with E-state index in [0.29, 0.717) is 37.7 Å². The van der Waals surface area contributed by atoms with Crippen LogP contribution in [-0.4, -0.2) is 57.5 Å². The van der Waals surface area contributed by atoms with E-state index in [-0.39, 0.29) is 23.0 Å². The highest BCUT2D eigenvalue weighted by Gasteiger charge is 2.34. The van der Waals surface area contributed by atoms with Gasteiger partial charge in [-0.05, 0) is 43.2 Å². The summed E-state index contributed by atoms with van der Waals surface area (Å²) >= 11 is 0. The predicted octanol–water partition coefficient (Wildman–Crippen LogP) is 3.60. The molecule has 2 amide bonds. The molecule has 4 rings (SSSR count). The number of nitrogens with one attached hydrogen (secondary N) is 1. The summed E-state index contributed by atoms with van der Waals surface area (Å²) in [6.45, 7) is 4.40. The first kappa shape index (κ1) is 28.0. The summed E-state index contributed by atoms with van der Waals surface area (Å²) < 4.78 is 40.1. The van der Waals surface area contributed by atoms with Gasteiger partial charge in [0, 0.05) is 19.2 Å². The largest absolute Gasteiger partial charge is 0.486 e. The van der Waals surface area contributed by atoms with Gasteiger partial charge in [0.05, 0.1) is 10.6 Å². The third-order valence-corrected chi connectivity index (χ3v) is 8.14. The number of hydrogen-bond donors (Lipinski definition) is 1. The van der Waals surface area contributed by atoms with Crippen molar-refractivity contribution >= 4 is 27.5 Å². The zero-order valence-corrected chi connectivity index (χ0v) is 22.9. The maximum atomic E-state index is 14.0. The summed E-state index contributed by atoms with van der Waals surface area (Å²) in [5.74, 6) is 0.100. The van der Waals surface area contributed by atoms with Gasteiger partial charge in [0.25, 0.3) is 10.0 Å². The van der Waals surface area contributed by atoms with Gasteiger partial charge in [-0.1, -0.05) is 55.5 Å². The molecule has 0 fully saturated rings. The standard InChI is InChI=1S/C29H33N3O6S/c1-3-25(29(34)30-4-2)31(20-22-11-7-5-8-12-22)28(33)21-32(39(35,36)24-13-9-6-10-14-24)23-15-16-26-27(19-23)38-18-17-37-26/h5-16,19,25H,3-4,17-18,20-21H2,1-2H3,(H,30,34)/t25-/m1/s1. The first-order valence-electron chi connectivity index (χ1n) is 12.9. The smallest absolute Gasteiger partial charge is 0.264 e. The molecule has 0 unspecified atom stereocenters. The maximum absolute atomic E-state index is 14.0. The molecule has 0 saturated heterocycles. The molecule has 1 aliphatic rings. The van der Waals surface area contributed by atoms with Crippen molar-refractivity contribution in [2.75, 3.05) is 30.6 Å². The third kappa shape index (κ3) is 6.51. The lowest BCUT2D eigenvalue weighted by molar-refractivity contribution is -0.140. The Kier molecular flexibility index (Phi) is 9.08. The zero-order valence-electron chi connectivity index (χ0n) is 22.1.